The molecule has 0 spiro atoms. The topological polar surface area (TPSA) is 74.7 Å². The quantitative estimate of drug-likeness (QED) is 0.879. The highest BCUT2D eigenvalue weighted by Gasteiger charge is 2.21. The van der Waals surface area contributed by atoms with Crippen molar-refractivity contribution < 1.29 is 27.1 Å². The van der Waals surface area contributed by atoms with Crippen LogP contribution in [0.4, 0.5) is 14.5 Å². The van der Waals surface area contributed by atoms with Crippen LogP contribution in [0.25, 0.3) is 0 Å². The number of sulfonamides is 1. The number of carboxylic acids is 1. The van der Waals surface area contributed by atoms with Gasteiger partial charge in [-0.05, 0) is 12.1 Å². The SMILES string of the molecule is CS(=O)(=O)N(CCC(=O)O)c1ccc(F)cc1F. The van der Waals surface area contributed by atoms with E-state index in [0.29, 0.717) is 10.4 Å². The van der Waals surface area contributed by atoms with Crippen LogP contribution in [-0.4, -0.2) is 32.3 Å². The molecule has 0 aliphatic heterocycles. The summed E-state index contributed by atoms with van der Waals surface area (Å²) in [6.45, 7) is -0.420. The van der Waals surface area contributed by atoms with Crippen molar-refractivity contribution in [2.45, 2.75) is 6.42 Å². The molecule has 100 valence electrons. The van der Waals surface area contributed by atoms with Crippen molar-refractivity contribution >= 4 is 21.7 Å². The van der Waals surface area contributed by atoms with Crippen LogP contribution in [0.5, 0.6) is 0 Å². The van der Waals surface area contributed by atoms with Gasteiger partial charge in [0.05, 0.1) is 18.4 Å². The Morgan fingerprint density at radius 3 is 2.44 bits per heavy atom. The molecular formula is C10H11F2NO4S. The van der Waals surface area contributed by atoms with E-state index in [1.54, 1.807) is 0 Å². The van der Waals surface area contributed by atoms with Gasteiger partial charge in [-0.2, -0.15) is 0 Å². The molecule has 0 aromatic heterocycles. The standard InChI is InChI=1S/C10H11F2NO4S/c1-18(16,17)13(5-4-10(14)15)9-3-2-7(11)6-8(9)12/h2-3,6H,4-5H2,1H3,(H,14,15). The van der Waals surface area contributed by atoms with E-state index in [0.717, 1.165) is 18.4 Å². The molecule has 0 saturated heterocycles. The lowest BCUT2D eigenvalue weighted by molar-refractivity contribution is -0.136. The maximum atomic E-state index is 13.5. The van der Waals surface area contributed by atoms with Gasteiger partial charge in [0.1, 0.15) is 11.6 Å². The first-order chi connectivity index (χ1) is 8.21. The molecular weight excluding hydrogens is 268 g/mol. The van der Waals surface area contributed by atoms with Gasteiger partial charge in [0.15, 0.2) is 0 Å². The van der Waals surface area contributed by atoms with Crippen molar-refractivity contribution in [3.05, 3.63) is 29.8 Å². The minimum absolute atomic E-state index is 0.375. The molecule has 5 nitrogen and oxygen atoms in total. The number of nitrogens with zero attached hydrogens (tertiary/aromatic N) is 1. The van der Waals surface area contributed by atoms with Crippen LogP contribution in [-0.2, 0) is 14.8 Å². The molecule has 1 rings (SSSR count). The number of rotatable bonds is 5. The van der Waals surface area contributed by atoms with Crippen molar-refractivity contribution in [2.75, 3.05) is 17.1 Å². The van der Waals surface area contributed by atoms with Gasteiger partial charge in [0.25, 0.3) is 0 Å². The largest absolute Gasteiger partial charge is 0.481 e. The highest BCUT2D eigenvalue weighted by molar-refractivity contribution is 7.92. The Kier molecular flexibility index (Phi) is 4.23. The lowest BCUT2D eigenvalue weighted by atomic mass is 10.3. The van der Waals surface area contributed by atoms with E-state index in [2.05, 4.69) is 0 Å². The molecule has 8 heteroatoms. The molecule has 0 bridgehead atoms. The van der Waals surface area contributed by atoms with Crippen LogP contribution in [0.1, 0.15) is 6.42 Å². The van der Waals surface area contributed by atoms with E-state index in [9.17, 15) is 22.0 Å². The highest BCUT2D eigenvalue weighted by Crippen LogP contribution is 2.22. The molecule has 1 aromatic rings. The fourth-order valence-corrected chi connectivity index (χ4v) is 2.27. The van der Waals surface area contributed by atoms with E-state index in [1.165, 1.54) is 0 Å². The van der Waals surface area contributed by atoms with Gasteiger partial charge in [0, 0.05) is 12.6 Å². The smallest absolute Gasteiger partial charge is 0.305 e. The molecule has 0 radical (unpaired) electrons. The summed E-state index contributed by atoms with van der Waals surface area (Å²) in [6.07, 6.45) is 0.335. The summed E-state index contributed by atoms with van der Waals surface area (Å²) < 4.78 is 49.7. The summed E-state index contributed by atoms with van der Waals surface area (Å²) in [7, 11) is -3.84. The second kappa shape index (κ2) is 5.30. The Labute approximate surface area is 103 Å². The molecule has 0 heterocycles. The zero-order valence-corrected chi connectivity index (χ0v) is 10.2. The summed E-state index contributed by atoms with van der Waals surface area (Å²) >= 11 is 0. The number of halogens is 2. The van der Waals surface area contributed by atoms with E-state index in [-0.39, 0.29) is 5.69 Å². The summed E-state index contributed by atoms with van der Waals surface area (Å²) in [5.41, 5.74) is -0.375. The molecule has 0 saturated carbocycles. The van der Waals surface area contributed by atoms with E-state index in [1.807, 2.05) is 0 Å². The Bertz CT molecular complexity index is 559. The molecule has 1 aromatic carbocycles. The van der Waals surface area contributed by atoms with E-state index >= 15 is 0 Å². The molecule has 0 atom stereocenters. The van der Waals surface area contributed by atoms with Gasteiger partial charge >= 0.3 is 5.97 Å². The minimum Gasteiger partial charge on any atom is -0.481 e. The highest BCUT2D eigenvalue weighted by atomic mass is 32.2. The van der Waals surface area contributed by atoms with Gasteiger partial charge in [-0.25, -0.2) is 17.2 Å². The normalized spacial score (nSPS) is 11.3. The third-order valence-electron chi connectivity index (χ3n) is 2.11. The van der Waals surface area contributed by atoms with Crippen LogP contribution >= 0.6 is 0 Å². The zero-order valence-electron chi connectivity index (χ0n) is 9.43. The van der Waals surface area contributed by atoms with Gasteiger partial charge in [-0.1, -0.05) is 0 Å². The van der Waals surface area contributed by atoms with Gasteiger partial charge < -0.3 is 5.11 Å². The average Bonchev–Trinajstić information content (AvgIpc) is 2.18. The Balaban J connectivity index is 3.14. The molecule has 18 heavy (non-hydrogen) atoms. The summed E-state index contributed by atoms with van der Waals surface area (Å²) in [5, 5.41) is 8.51. The Hall–Kier alpha value is -1.70. The van der Waals surface area contributed by atoms with Crippen LogP contribution in [0, 0.1) is 11.6 Å². The third-order valence-corrected chi connectivity index (χ3v) is 3.29. The lowest BCUT2D eigenvalue weighted by Gasteiger charge is -2.22. The first-order valence-electron chi connectivity index (χ1n) is 4.86. The molecule has 1 N–H and O–H groups in total. The molecule has 0 unspecified atom stereocenters. The number of hydrogen-bond donors (Lipinski definition) is 1. The molecule has 0 amide bonds. The summed E-state index contributed by atoms with van der Waals surface area (Å²) in [5.74, 6) is -3.13. The van der Waals surface area contributed by atoms with E-state index < -0.39 is 40.6 Å². The Morgan fingerprint density at radius 1 is 1.39 bits per heavy atom. The summed E-state index contributed by atoms with van der Waals surface area (Å²) in [4.78, 5) is 10.4. The van der Waals surface area contributed by atoms with Gasteiger partial charge in [-0.3, -0.25) is 9.10 Å². The van der Waals surface area contributed by atoms with Crippen molar-refractivity contribution in [3.63, 3.8) is 0 Å². The maximum Gasteiger partial charge on any atom is 0.305 e. The number of hydrogen-bond acceptors (Lipinski definition) is 3. The second-order valence-corrected chi connectivity index (χ2v) is 5.48. The van der Waals surface area contributed by atoms with Crippen molar-refractivity contribution in [1.29, 1.82) is 0 Å². The zero-order chi connectivity index (χ0) is 13.9. The Morgan fingerprint density at radius 2 is 2.00 bits per heavy atom. The van der Waals surface area contributed by atoms with Crippen LogP contribution in [0.3, 0.4) is 0 Å². The molecule has 0 aliphatic rings. The van der Waals surface area contributed by atoms with Crippen molar-refractivity contribution in [3.8, 4) is 0 Å². The van der Waals surface area contributed by atoms with Crippen LogP contribution in [0.2, 0.25) is 0 Å². The number of anilines is 1. The van der Waals surface area contributed by atoms with Crippen molar-refractivity contribution in [1.82, 2.24) is 0 Å². The molecule has 0 aliphatic carbocycles. The number of aliphatic carboxylic acids is 1. The number of carbonyl (C=O) groups is 1. The van der Waals surface area contributed by atoms with Gasteiger partial charge in [-0.15, -0.1) is 0 Å². The second-order valence-electron chi connectivity index (χ2n) is 3.57. The first kappa shape index (κ1) is 14.4. The van der Waals surface area contributed by atoms with Crippen LogP contribution < -0.4 is 4.31 Å². The average molecular weight is 279 g/mol. The minimum atomic E-state index is -3.84. The lowest BCUT2D eigenvalue weighted by Crippen LogP contribution is -2.32. The molecule has 0 fully saturated rings. The first-order valence-corrected chi connectivity index (χ1v) is 6.71. The number of carboxylic acid groups (broad SMARTS) is 1. The fourth-order valence-electron chi connectivity index (χ4n) is 1.35. The summed E-state index contributed by atoms with van der Waals surface area (Å²) in [6, 6.07) is 2.39. The monoisotopic (exact) mass is 279 g/mol. The van der Waals surface area contributed by atoms with Crippen LogP contribution in [0.15, 0.2) is 18.2 Å². The van der Waals surface area contributed by atoms with Gasteiger partial charge in [0.2, 0.25) is 10.0 Å². The van der Waals surface area contributed by atoms with Crippen molar-refractivity contribution in [2.24, 2.45) is 0 Å². The fraction of sp³-hybridized carbons (Fsp3) is 0.300. The van der Waals surface area contributed by atoms with E-state index in [4.69, 9.17) is 5.11 Å². The third kappa shape index (κ3) is 3.66. The predicted octanol–water partition coefficient (Wildman–Crippen LogP) is 1.21. The maximum absolute atomic E-state index is 13.5. The number of benzene rings is 1. The predicted molar refractivity (Wildman–Crippen MR) is 60.8 cm³/mol.